The second kappa shape index (κ2) is 8.63. The number of nitrogens with one attached hydrogen (secondary N) is 1. The van der Waals surface area contributed by atoms with E-state index in [0.717, 1.165) is 22.4 Å². The first-order valence-electron chi connectivity index (χ1n) is 10.4. The molecular weight excluding hydrogens is 400 g/mol. The highest BCUT2D eigenvalue weighted by molar-refractivity contribution is 6.39. The van der Waals surface area contributed by atoms with Gasteiger partial charge in [-0.3, -0.25) is 14.9 Å². The summed E-state index contributed by atoms with van der Waals surface area (Å²) in [4.78, 5) is 38.7. The fourth-order valence-corrected chi connectivity index (χ4v) is 3.89. The van der Waals surface area contributed by atoms with E-state index in [-0.39, 0.29) is 5.57 Å². The first-order valence-corrected chi connectivity index (χ1v) is 10.4. The minimum absolute atomic E-state index is 0.0766. The van der Waals surface area contributed by atoms with Crippen molar-refractivity contribution in [3.63, 3.8) is 0 Å². The van der Waals surface area contributed by atoms with Gasteiger partial charge in [-0.15, -0.1) is 0 Å². The Kier molecular flexibility index (Phi) is 5.73. The minimum atomic E-state index is -0.746. The van der Waals surface area contributed by atoms with Crippen molar-refractivity contribution in [2.45, 2.75) is 27.2 Å². The van der Waals surface area contributed by atoms with Gasteiger partial charge in [-0.05, 0) is 62.1 Å². The third-order valence-electron chi connectivity index (χ3n) is 5.37. The number of carbonyl (C=O) groups excluding carboxylic acids is 3. The number of aryl methyl sites for hydroxylation is 3. The zero-order valence-corrected chi connectivity index (χ0v) is 18.3. The quantitative estimate of drug-likeness (QED) is 0.480. The van der Waals surface area contributed by atoms with E-state index in [0.29, 0.717) is 11.3 Å². The monoisotopic (exact) mass is 424 g/mol. The zero-order valence-electron chi connectivity index (χ0n) is 18.3. The van der Waals surface area contributed by atoms with Gasteiger partial charge in [-0.2, -0.15) is 0 Å². The summed E-state index contributed by atoms with van der Waals surface area (Å²) >= 11 is 0. The predicted molar refractivity (Wildman–Crippen MR) is 125 cm³/mol. The van der Waals surface area contributed by atoms with Gasteiger partial charge in [0.25, 0.3) is 11.8 Å². The van der Waals surface area contributed by atoms with Crippen LogP contribution < -0.4 is 10.2 Å². The molecule has 5 heteroatoms. The lowest BCUT2D eigenvalue weighted by Crippen LogP contribution is -2.54. The molecule has 3 aromatic carbocycles. The van der Waals surface area contributed by atoms with E-state index in [4.69, 9.17) is 0 Å². The number of urea groups is 1. The molecule has 5 nitrogen and oxygen atoms in total. The fraction of sp³-hybridized carbons (Fsp3) is 0.148. The Hall–Kier alpha value is -3.99. The van der Waals surface area contributed by atoms with Crippen molar-refractivity contribution in [1.82, 2.24) is 5.32 Å². The number of rotatable bonds is 4. The van der Waals surface area contributed by atoms with Crippen LogP contribution in [-0.2, 0) is 16.0 Å². The normalized spacial score (nSPS) is 15.3. The number of nitrogens with zero attached hydrogens (tertiary/aromatic N) is 1. The molecule has 0 radical (unpaired) electrons. The third kappa shape index (κ3) is 4.52. The van der Waals surface area contributed by atoms with Crippen LogP contribution in [0.2, 0.25) is 0 Å². The number of benzene rings is 3. The molecule has 1 fully saturated rings. The molecule has 0 unspecified atom stereocenters. The molecule has 1 aliphatic rings. The first-order chi connectivity index (χ1) is 15.3. The number of anilines is 1. The summed E-state index contributed by atoms with van der Waals surface area (Å²) in [6.45, 7) is 6.09. The van der Waals surface area contributed by atoms with Gasteiger partial charge in [-0.25, -0.2) is 9.69 Å². The Bertz CT molecular complexity index is 1220. The average Bonchev–Trinajstić information content (AvgIpc) is 2.73. The molecule has 0 saturated carbocycles. The van der Waals surface area contributed by atoms with E-state index in [1.165, 1.54) is 22.8 Å². The lowest BCUT2D eigenvalue weighted by atomic mass is 9.99. The summed E-state index contributed by atoms with van der Waals surface area (Å²) in [7, 11) is 0. The molecule has 32 heavy (non-hydrogen) atoms. The SMILES string of the molecule is Cc1ccc(N2C(=O)NC(=O)/C(=C\c3ccc(Cc4cc(C)cc(C)c4)cc3)C2=O)cc1. The maximum atomic E-state index is 13.0. The molecule has 0 atom stereocenters. The molecule has 0 aromatic heterocycles. The van der Waals surface area contributed by atoms with Crippen molar-refractivity contribution >= 4 is 29.6 Å². The van der Waals surface area contributed by atoms with E-state index in [2.05, 4.69) is 37.4 Å². The maximum absolute atomic E-state index is 13.0. The molecule has 1 saturated heterocycles. The molecular formula is C27H24N2O3. The van der Waals surface area contributed by atoms with E-state index < -0.39 is 17.8 Å². The number of hydrogen-bond donors (Lipinski definition) is 1. The Morgan fingerprint density at radius 2 is 1.38 bits per heavy atom. The highest BCUT2D eigenvalue weighted by Gasteiger charge is 2.36. The predicted octanol–water partition coefficient (Wildman–Crippen LogP) is 4.87. The number of imide groups is 2. The lowest BCUT2D eigenvalue weighted by Gasteiger charge is -2.26. The molecule has 0 aliphatic carbocycles. The molecule has 3 aromatic rings. The van der Waals surface area contributed by atoms with Crippen LogP contribution in [0.25, 0.3) is 6.08 Å². The van der Waals surface area contributed by atoms with E-state index in [1.807, 2.05) is 43.3 Å². The summed E-state index contributed by atoms with van der Waals surface area (Å²) < 4.78 is 0. The Morgan fingerprint density at radius 3 is 2.00 bits per heavy atom. The van der Waals surface area contributed by atoms with Gasteiger partial charge < -0.3 is 0 Å². The van der Waals surface area contributed by atoms with Gasteiger partial charge in [0.2, 0.25) is 0 Å². The van der Waals surface area contributed by atoms with E-state index in [1.54, 1.807) is 12.1 Å². The van der Waals surface area contributed by atoms with Gasteiger partial charge >= 0.3 is 6.03 Å². The summed E-state index contributed by atoms with van der Waals surface area (Å²) in [6.07, 6.45) is 2.32. The van der Waals surface area contributed by atoms with Gasteiger partial charge in [-0.1, -0.05) is 71.3 Å². The zero-order chi connectivity index (χ0) is 22.8. The smallest absolute Gasteiger partial charge is 0.273 e. The maximum Gasteiger partial charge on any atom is 0.335 e. The second-order valence-electron chi connectivity index (χ2n) is 8.21. The van der Waals surface area contributed by atoms with Gasteiger partial charge in [0.15, 0.2) is 0 Å². The average molecular weight is 425 g/mol. The lowest BCUT2D eigenvalue weighted by molar-refractivity contribution is -0.122. The largest absolute Gasteiger partial charge is 0.335 e. The third-order valence-corrected chi connectivity index (χ3v) is 5.37. The van der Waals surface area contributed by atoms with Crippen LogP contribution in [-0.4, -0.2) is 17.8 Å². The standard InChI is InChI=1S/C27H24N2O3/c1-17-4-10-23(11-5-17)29-26(31)24(25(30)28-27(29)32)16-21-8-6-20(7-9-21)15-22-13-18(2)12-19(3)14-22/h4-14,16H,15H2,1-3H3,(H,28,30,32)/b24-16+. The summed E-state index contributed by atoms with van der Waals surface area (Å²) in [5.74, 6) is -1.33. The molecule has 1 N–H and O–H groups in total. The fourth-order valence-electron chi connectivity index (χ4n) is 3.89. The highest BCUT2D eigenvalue weighted by atomic mass is 16.2. The minimum Gasteiger partial charge on any atom is -0.273 e. The Morgan fingerprint density at radius 1 is 0.750 bits per heavy atom. The van der Waals surface area contributed by atoms with Crippen LogP contribution in [0, 0.1) is 20.8 Å². The first kappa shape index (κ1) is 21.2. The van der Waals surface area contributed by atoms with Crippen LogP contribution in [0.15, 0.2) is 72.3 Å². The topological polar surface area (TPSA) is 66.5 Å². The summed E-state index contributed by atoms with van der Waals surface area (Å²) in [5, 5.41) is 2.26. The Labute approximate surface area is 187 Å². The molecule has 1 heterocycles. The molecule has 1 aliphatic heterocycles. The molecule has 0 bridgehead atoms. The van der Waals surface area contributed by atoms with Gasteiger partial charge in [0.1, 0.15) is 5.57 Å². The van der Waals surface area contributed by atoms with Crippen molar-refractivity contribution in [2.75, 3.05) is 4.90 Å². The van der Waals surface area contributed by atoms with Crippen molar-refractivity contribution in [3.8, 4) is 0 Å². The van der Waals surface area contributed by atoms with Crippen molar-refractivity contribution in [3.05, 3.63) is 106 Å². The van der Waals surface area contributed by atoms with Crippen LogP contribution in [0.3, 0.4) is 0 Å². The molecule has 4 rings (SSSR count). The highest BCUT2D eigenvalue weighted by Crippen LogP contribution is 2.23. The van der Waals surface area contributed by atoms with Crippen LogP contribution >= 0.6 is 0 Å². The number of carbonyl (C=O) groups is 3. The van der Waals surface area contributed by atoms with Crippen molar-refractivity contribution < 1.29 is 14.4 Å². The summed E-state index contributed by atoms with van der Waals surface area (Å²) in [5.41, 5.74) is 6.90. The van der Waals surface area contributed by atoms with Gasteiger partial charge in [0.05, 0.1) is 5.69 Å². The van der Waals surface area contributed by atoms with Crippen molar-refractivity contribution in [1.29, 1.82) is 0 Å². The molecule has 160 valence electrons. The number of hydrogen-bond acceptors (Lipinski definition) is 3. The van der Waals surface area contributed by atoms with Crippen LogP contribution in [0.1, 0.15) is 33.4 Å². The van der Waals surface area contributed by atoms with E-state index in [9.17, 15) is 14.4 Å². The molecule has 0 spiro atoms. The number of barbiturate groups is 1. The summed E-state index contributed by atoms with van der Waals surface area (Å²) in [6, 6.07) is 20.4. The van der Waals surface area contributed by atoms with E-state index >= 15 is 0 Å². The van der Waals surface area contributed by atoms with Crippen LogP contribution in [0.4, 0.5) is 10.5 Å². The molecule has 4 amide bonds. The van der Waals surface area contributed by atoms with Crippen molar-refractivity contribution in [2.24, 2.45) is 0 Å². The van der Waals surface area contributed by atoms with Gasteiger partial charge in [0, 0.05) is 0 Å². The van der Waals surface area contributed by atoms with Crippen LogP contribution in [0.5, 0.6) is 0 Å². The number of amides is 4. The second-order valence-corrected chi connectivity index (χ2v) is 8.21. The Balaban J connectivity index is 1.57.